The fourth-order valence-corrected chi connectivity index (χ4v) is 4.66. The van der Waals surface area contributed by atoms with E-state index in [9.17, 15) is 4.79 Å². The van der Waals surface area contributed by atoms with Crippen molar-refractivity contribution in [2.45, 2.75) is 20.1 Å². The van der Waals surface area contributed by atoms with Crippen molar-refractivity contribution in [2.75, 3.05) is 7.11 Å². The van der Waals surface area contributed by atoms with Gasteiger partial charge >= 0.3 is 0 Å². The summed E-state index contributed by atoms with van der Waals surface area (Å²) < 4.78 is 12.1. The number of hydrogen-bond acceptors (Lipinski definition) is 5. The van der Waals surface area contributed by atoms with Crippen LogP contribution in [0.25, 0.3) is 6.08 Å². The molecule has 0 aromatic heterocycles. The number of thiocarbonyl (C=S) groups is 1. The highest BCUT2D eigenvalue weighted by Crippen LogP contribution is 2.35. The summed E-state index contributed by atoms with van der Waals surface area (Å²) in [4.78, 5) is 15.2. The lowest BCUT2D eigenvalue weighted by atomic mass is 10.1. The Balaban J connectivity index is 1.48. The molecule has 0 atom stereocenters. The summed E-state index contributed by atoms with van der Waals surface area (Å²) in [6, 6.07) is 23.7. The highest BCUT2D eigenvalue weighted by molar-refractivity contribution is 8.26. The summed E-state index contributed by atoms with van der Waals surface area (Å²) in [6.07, 6.45) is 1.84. The molecule has 1 saturated heterocycles. The Bertz CT molecular complexity index is 1170. The first-order valence-corrected chi connectivity index (χ1v) is 11.4. The van der Waals surface area contributed by atoms with Gasteiger partial charge in [0.25, 0.3) is 5.91 Å². The molecule has 4 nitrogen and oxygen atoms in total. The SMILES string of the molecule is COc1cc(/C=C2/SC(=S)N(Cc3ccccc3)C2=O)ccc1OCc1cccc(C)c1. The second kappa shape index (κ2) is 10.0. The molecule has 4 rings (SSSR count). The molecule has 1 heterocycles. The minimum absolute atomic E-state index is 0.0809. The minimum atomic E-state index is -0.0809. The second-order valence-electron chi connectivity index (χ2n) is 7.44. The molecule has 32 heavy (non-hydrogen) atoms. The predicted octanol–water partition coefficient (Wildman–Crippen LogP) is 5.98. The molecular formula is C26H23NO3S2. The molecule has 162 valence electrons. The van der Waals surface area contributed by atoms with Gasteiger partial charge in [0, 0.05) is 0 Å². The topological polar surface area (TPSA) is 38.8 Å². The van der Waals surface area contributed by atoms with Gasteiger partial charge in [-0.15, -0.1) is 0 Å². The molecule has 0 N–H and O–H groups in total. The fraction of sp³-hybridized carbons (Fsp3) is 0.154. The maximum absolute atomic E-state index is 12.9. The summed E-state index contributed by atoms with van der Waals surface area (Å²) in [5.41, 5.74) is 4.18. The summed E-state index contributed by atoms with van der Waals surface area (Å²) in [6.45, 7) is 2.98. The average molecular weight is 462 g/mol. The van der Waals surface area contributed by atoms with Gasteiger partial charge in [0.15, 0.2) is 11.5 Å². The summed E-state index contributed by atoms with van der Waals surface area (Å²) >= 11 is 6.77. The number of carbonyl (C=O) groups is 1. The molecule has 0 radical (unpaired) electrons. The Kier molecular flexibility index (Phi) is 6.93. The van der Waals surface area contributed by atoms with Gasteiger partial charge in [-0.1, -0.05) is 90.2 Å². The fourth-order valence-electron chi connectivity index (χ4n) is 3.41. The van der Waals surface area contributed by atoms with E-state index in [0.29, 0.717) is 33.9 Å². The van der Waals surface area contributed by atoms with Crippen LogP contribution in [0, 0.1) is 6.92 Å². The molecule has 0 bridgehead atoms. The third-order valence-electron chi connectivity index (χ3n) is 5.02. The molecule has 0 unspecified atom stereocenters. The van der Waals surface area contributed by atoms with Crippen LogP contribution in [0.1, 0.15) is 22.3 Å². The maximum Gasteiger partial charge on any atom is 0.266 e. The number of nitrogens with zero attached hydrogens (tertiary/aromatic N) is 1. The minimum Gasteiger partial charge on any atom is -0.493 e. The molecule has 6 heteroatoms. The van der Waals surface area contributed by atoms with Crippen molar-refractivity contribution in [3.63, 3.8) is 0 Å². The standard InChI is InChI=1S/C26H23NO3S2/c1-18-7-6-10-21(13-18)17-30-22-12-11-20(14-23(22)29-2)15-24-25(28)27(26(31)32-24)16-19-8-4-3-5-9-19/h3-15H,16-17H2,1-2H3/b24-15+. The summed E-state index contributed by atoms with van der Waals surface area (Å²) in [5.74, 6) is 1.19. The first-order valence-electron chi connectivity index (χ1n) is 10.2. The Labute approximate surface area is 197 Å². The van der Waals surface area contributed by atoms with Crippen LogP contribution in [-0.2, 0) is 17.9 Å². The molecule has 3 aromatic rings. The zero-order valence-corrected chi connectivity index (χ0v) is 19.5. The third kappa shape index (κ3) is 5.21. The van der Waals surface area contributed by atoms with Crippen molar-refractivity contribution in [1.29, 1.82) is 0 Å². The Morgan fingerprint density at radius 2 is 1.75 bits per heavy atom. The smallest absolute Gasteiger partial charge is 0.266 e. The van der Waals surface area contributed by atoms with Gasteiger partial charge in [0.05, 0.1) is 18.6 Å². The van der Waals surface area contributed by atoms with E-state index in [1.807, 2.05) is 66.7 Å². The van der Waals surface area contributed by atoms with Crippen LogP contribution in [0.4, 0.5) is 0 Å². The third-order valence-corrected chi connectivity index (χ3v) is 6.40. The second-order valence-corrected chi connectivity index (χ2v) is 9.12. The number of aryl methyl sites for hydroxylation is 1. The van der Waals surface area contributed by atoms with E-state index >= 15 is 0 Å². The van der Waals surface area contributed by atoms with E-state index in [1.54, 1.807) is 12.0 Å². The van der Waals surface area contributed by atoms with E-state index < -0.39 is 0 Å². The molecule has 0 aliphatic carbocycles. The lowest BCUT2D eigenvalue weighted by Gasteiger charge is -2.14. The lowest BCUT2D eigenvalue weighted by molar-refractivity contribution is -0.122. The van der Waals surface area contributed by atoms with Gasteiger partial charge < -0.3 is 9.47 Å². The number of hydrogen-bond donors (Lipinski definition) is 0. The van der Waals surface area contributed by atoms with Gasteiger partial charge in [-0.25, -0.2) is 0 Å². The van der Waals surface area contributed by atoms with Crippen LogP contribution in [-0.4, -0.2) is 22.2 Å². The van der Waals surface area contributed by atoms with Crippen molar-refractivity contribution < 1.29 is 14.3 Å². The van der Waals surface area contributed by atoms with Crippen LogP contribution < -0.4 is 9.47 Å². The molecule has 3 aromatic carbocycles. The van der Waals surface area contributed by atoms with E-state index in [4.69, 9.17) is 21.7 Å². The highest BCUT2D eigenvalue weighted by Gasteiger charge is 2.32. The molecule has 0 saturated carbocycles. The first-order chi connectivity index (χ1) is 15.5. The Morgan fingerprint density at radius 3 is 2.50 bits per heavy atom. The monoisotopic (exact) mass is 461 g/mol. The van der Waals surface area contributed by atoms with Gasteiger partial charge in [-0.3, -0.25) is 9.69 Å². The van der Waals surface area contributed by atoms with Crippen LogP contribution in [0.5, 0.6) is 11.5 Å². The van der Waals surface area contributed by atoms with E-state index in [2.05, 4.69) is 19.1 Å². The zero-order valence-electron chi connectivity index (χ0n) is 17.9. The lowest BCUT2D eigenvalue weighted by Crippen LogP contribution is -2.27. The molecule has 1 aliphatic rings. The van der Waals surface area contributed by atoms with Crippen molar-refractivity contribution in [2.24, 2.45) is 0 Å². The van der Waals surface area contributed by atoms with E-state index in [0.717, 1.165) is 16.7 Å². The molecule has 0 spiro atoms. The summed E-state index contributed by atoms with van der Waals surface area (Å²) in [5, 5.41) is 0. The Morgan fingerprint density at radius 1 is 0.969 bits per heavy atom. The van der Waals surface area contributed by atoms with E-state index in [-0.39, 0.29) is 5.91 Å². The normalized spacial score (nSPS) is 14.8. The van der Waals surface area contributed by atoms with Gasteiger partial charge in [-0.2, -0.15) is 0 Å². The Hall–Kier alpha value is -3.09. The molecule has 1 amide bonds. The van der Waals surface area contributed by atoms with Crippen LogP contribution >= 0.6 is 24.0 Å². The maximum atomic E-state index is 12.9. The number of carbonyl (C=O) groups excluding carboxylic acids is 1. The predicted molar refractivity (Wildman–Crippen MR) is 134 cm³/mol. The van der Waals surface area contributed by atoms with Gasteiger partial charge in [0.2, 0.25) is 0 Å². The van der Waals surface area contributed by atoms with Crippen molar-refractivity contribution >= 4 is 40.3 Å². The number of methoxy groups -OCH3 is 1. The van der Waals surface area contributed by atoms with Crippen LogP contribution in [0.15, 0.2) is 77.7 Å². The quantitative estimate of drug-likeness (QED) is 0.319. The average Bonchev–Trinajstić information content (AvgIpc) is 3.06. The number of ether oxygens (including phenoxy) is 2. The highest BCUT2D eigenvalue weighted by atomic mass is 32.2. The largest absolute Gasteiger partial charge is 0.493 e. The molecular weight excluding hydrogens is 438 g/mol. The van der Waals surface area contributed by atoms with Crippen LogP contribution in [0.2, 0.25) is 0 Å². The zero-order chi connectivity index (χ0) is 22.5. The molecule has 1 fully saturated rings. The number of benzene rings is 3. The van der Waals surface area contributed by atoms with Crippen molar-refractivity contribution in [3.05, 3.63) is 100.0 Å². The van der Waals surface area contributed by atoms with Crippen molar-refractivity contribution in [1.82, 2.24) is 4.90 Å². The summed E-state index contributed by atoms with van der Waals surface area (Å²) in [7, 11) is 1.61. The first kappa shape index (κ1) is 22.1. The van der Waals surface area contributed by atoms with Crippen LogP contribution in [0.3, 0.4) is 0 Å². The molecule has 1 aliphatic heterocycles. The van der Waals surface area contributed by atoms with Gasteiger partial charge in [0.1, 0.15) is 10.9 Å². The van der Waals surface area contributed by atoms with Crippen molar-refractivity contribution in [3.8, 4) is 11.5 Å². The number of amides is 1. The van der Waals surface area contributed by atoms with E-state index in [1.165, 1.54) is 17.3 Å². The van der Waals surface area contributed by atoms with Gasteiger partial charge in [-0.05, 0) is 41.8 Å². The number of rotatable bonds is 7. The number of thioether (sulfide) groups is 1.